The number of nitrogens with zero attached hydrogens (tertiary/aromatic N) is 1. The van der Waals surface area contributed by atoms with Gasteiger partial charge < -0.3 is 4.74 Å². The summed E-state index contributed by atoms with van der Waals surface area (Å²) >= 11 is 0. The van der Waals surface area contributed by atoms with Gasteiger partial charge in [0.15, 0.2) is 0 Å². The Morgan fingerprint density at radius 2 is 2.12 bits per heavy atom. The molecule has 4 nitrogen and oxygen atoms in total. The molecule has 0 unspecified atom stereocenters. The third-order valence-corrected chi connectivity index (χ3v) is 1.78. The van der Waals surface area contributed by atoms with Crippen LogP contribution in [0.15, 0.2) is 18.3 Å². The number of aromatic nitrogens is 1. The first-order chi connectivity index (χ1) is 7.37. The van der Waals surface area contributed by atoms with Crippen LogP contribution in [0.4, 0.5) is 10.6 Å². The van der Waals surface area contributed by atoms with Crippen molar-refractivity contribution in [3.8, 4) is 0 Å². The second-order valence-electron chi connectivity index (χ2n) is 4.98. The van der Waals surface area contributed by atoms with Crippen LogP contribution in [-0.2, 0) is 4.74 Å². The van der Waals surface area contributed by atoms with Crippen LogP contribution < -0.4 is 5.32 Å². The summed E-state index contributed by atoms with van der Waals surface area (Å²) in [5.41, 5.74) is 1.02. The molecule has 16 heavy (non-hydrogen) atoms. The molecular formula is C12H18N2O2. The Labute approximate surface area is 96.0 Å². The van der Waals surface area contributed by atoms with E-state index in [2.05, 4.69) is 10.3 Å². The minimum absolute atomic E-state index is 0.0297. The quantitative estimate of drug-likeness (QED) is 0.836. The van der Waals surface area contributed by atoms with E-state index >= 15 is 0 Å². The minimum Gasteiger partial charge on any atom is -0.449 e. The number of anilines is 1. The first-order valence-electron chi connectivity index (χ1n) is 5.23. The van der Waals surface area contributed by atoms with Gasteiger partial charge in [-0.25, -0.2) is 9.78 Å². The number of aryl methyl sites for hydroxylation is 1. The molecule has 0 saturated heterocycles. The Hall–Kier alpha value is -1.58. The van der Waals surface area contributed by atoms with E-state index in [0.717, 1.165) is 5.56 Å². The third-order valence-electron chi connectivity index (χ3n) is 1.78. The van der Waals surface area contributed by atoms with Crippen molar-refractivity contribution in [1.29, 1.82) is 0 Å². The highest BCUT2D eigenvalue weighted by Crippen LogP contribution is 2.13. The molecule has 4 heteroatoms. The van der Waals surface area contributed by atoms with Gasteiger partial charge in [-0.05, 0) is 24.0 Å². The van der Waals surface area contributed by atoms with Crippen LogP contribution in [0.3, 0.4) is 0 Å². The minimum atomic E-state index is -0.466. The van der Waals surface area contributed by atoms with Crippen LogP contribution in [0, 0.1) is 12.3 Å². The van der Waals surface area contributed by atoms with E-state index in [9.17, 15) is 4.79 Å². The van der Waals surface area contributed by atoms with Gasteiger partial charge in [-0.3, -0.25) is 5.32 Å². The van der Waals surface area contributed by atoms with Crippen molar-refractivity contribution in [3.05, 3.63) is 23.9 Å². The number of rotatable bonds is 2. The van der Waals surface area contributed by atoms with Gasteiger partial charge in [-0.15, -0.1) is 0 Å². The number of ether oxygens (including phenoxy) is 1. The summed E-state index contributed by atoms with van der Waals surface area (Å²) in [6, 6.07) is 3.63. The van der Waals surface area contributed by atoms with Crippen LogP contribution in [0.2, 0.25) is 0 Å². The second-order valence-corrected chi connectivity index (χ2v) is 4.98. The molecule has 0 fully saturated rings. The number of amides is 1. The smallest absolute Gasteiger partial charge is 0.412 e. The summed E-state index contributed by atoms with van der Waals surface area (Å²) in [6.07, 6.45) is 1.23. The average molecular weight is 222 g/mol. The normalized spacial score (nSPS) is 11.0. The molecule has 0 spiro atoms. The molecule has 0 atom stereocenters. The van der Waals surface area contributed by atoms with E-state index in [1.54, 1.807) is 12.3 Å². The van der Waals surface area contributed by atoms with Gasteiger partial charge in [-0.1, -0.05) is 26.8 Å². The molecule has 1 aromatic heterocycles. The Morgan fingerprint density at radius 3 is 2.62 bits per heavy atom. The molecule has 1 heterocycles. The second kappa shape index (κ2) is 4.96. The lowest BCUT2D eigenvalue weighted by molar-refractivity contribution is 0.118. The highest BCUT2D eigenvalue weighted by Gasteiger charge is 2.13. The summed E-state index contributed by atoms with van der Waals surface area (Å²) < 4.78 is 5.05. The van der Waals surface area contributed by atoms with Crippen LogP contribution in [0.25, 0.3) is 0 Å². The molecule has 1 N–H and O–H groups in total. The predicted molar refractivity (Wildman–Crippen MR) is 63.4 cm³/mol. The zero-order chi connectivity index (χ0) is 12.2. The molecule has 1 rings (SSSR count). The zero-order valence-electron chi connectivity index (χ0n) is 10.2. The first kappa shape index (κ1) is 12.5. The molecule has 0 bridgehead atoms. The van der Waals surface area contributed by atoms with Crippen molar-refractivity contribution in [1.82, 2.24) is 4.98 Å². The van der Waals surface area contributed by atoms with E-state index in [-0.39, 0.29) is 5.41 Å². The van der Waals surface area contributed by atoms with Gasteiger partial charge >= 0.3 is 6.09 Å². The largest absolute Gasteiger partial charge is 0.449 e. The van der Waals surface area contributed by atoms with E-state index in [1.165, 1.54) is 0 Å². The predicted octanol–water partition coefficient (Wildman–Crippen LogP) is 2.98. The fourth-order valence-corrected chi connectivity index (χ4v) is 0.964. The lowest BCUT2D eigenvalue weighted by Gasteiger charge is -2.17. The highest BCUT2D eigenvalue weighted by molar-refractivity contribution is 5.83. The van der Waals surface area contributed by atoms with E-state index in [4.69, 9.17) is 4.74 Å². The topological polar surface area (TPSA) is 51.2 Å². The van der Waals surface area contributed by atoms with Gasteiger partial charge in [0, 0.05) is 6.20 Å². The standard InChI is InChI=1S/C12H18N2O2/c1-9-5-6-10(13-7-9)14-11(15)16-8-12(2,3)4/h5-7H,8H2,1-4H3,(H,13,14,15). The van der Waals surface area contributed by atoms with Gasteiger partial charge in [0.1, 0.15) is 5.82 Å². The van der Waals surface area contributed by atoms with Crippen molar-refractivity contribution >= 4 is 11.9 Å². The van der Waals surface area contributed by atoms with E-state index in [1.807, 2.05) is 33.8 Å². The van der Waals surface area contributed by atoms with Gasteiger partial charge in [0.2, 0.25) is 0 Å². The summed E-state index contributed by atoms with van der Waals surface area (Å²) in [7, 11) is 0. The van der Waals surface area contributed by atoms with Gasteiger partial charge in [0.25, 0.3) is 0 Å². The summed E-state index contributed by atoms with van der Waals surface area (Å²) in [6.45, 7) is 8.33. The summed E-state index contributed by atoms with van der Waals surface area (Å²) in [4.78, 5) is 15.4. The highest BCUT2D eigenvalue weighted by atomic mass is 16.5. The Kier molecular flexibility index (Phi) is 3.88. The van der Waals surface area contributed by atoms with Crippen molar-refractivity contribution in [3.63, 3.8) is 0 Å². The third kappa shape index (κ3) is 4.77. The number of hydrogen-bond donors (Lipinski definition) is 1. The van der Waals surface area contributed by atoms with Gasteiger partial charge in [0.05, 0.1) is 6.61 Å². The van der Waals surface area contributed by atoms with Crippen molar-refractivity contribution < 1.29 is 9.53 Å². The Bertz CT molecular complexity index is 352. The number of nitrogens with one attached hydrogen (secondary N) is 1. The maximum Gasteiger partial charge on any atom is 0.412 e. The molecule has 0 aliphatic heterocycles. The van der Waals surface area contributed by atoms with Crippen LogP contribution in [0.5, 0.6) is 0 Å². The number of pyridine rings is 1. The summed E-state index contributed by atoms with van der Waals surface area (Å²) in [5.74, 6) is 0.504. The van der Waals surface area contributed by atoms with Crippen LogP contribution in [-0.4, -0.2) is 17.7 Å². The number of carbonyl (C=O) groups excluding carboxylic acids is 1. The number of carbonyl (C=O) groups is 1. The van der Waals surface area contributed by atoms with Gasteiger partial charge in [-0.2, -0.15) is 0 Å². The zero-order valence-corrected chi connectivity index (χ0v) is 10.2. The lowest BCUT2D eigenvalue weighted by atomic mass is 9.99. The van der Waals surface area contributed by atoms with E-state index < -0.39 is 6.09 Å². The van der Waals surface area contributed by atoms with Crippen molar-refractivity contribution in [2.75, 3.05) is 11.9 Å². The monoisotopic (exact) mass is 222 g/mol. The molecule has 0 aromatic carbocycles. The van der Waals surface area contributed by atoms with Crippen LogP contribution >= 0.6 is 0 Å². The van der Waals surface area contributed by atoms with Crippen molar-refractivity contribution in [2.45, 2.75) is 27.7 Å². The molecule has 0 aliphatic carbocycles. The SMILES string of the molecule is Cc1ccc(NC(=O)OCC(C)(C)C)nc1. The summed E-state index contributed by atoms with van der Waals surface area (Å²) in [5, 5.41) is 2.57. The average Bonchev–Trinajstić information content (AvgIpc) is 2.18. The Morgan fingerprint density at radius 1 is 1.44 bits per heavy atom. The molecule has 0 aliphatic rings. The Balaban J connectivity index is 2.43. The maximum absolute atomic E-state index is 11.4. The number of hydrogen-bond acceptors (Lipinski definition) is 3. The molecule has 1 aromatic rings. The lowest BCUT2D eigenvalue weighted by Crippen LogP contribution is -2.22. The fourth-order valence-electron chi connectivity index (χ4n) is 0.964. The molecule has 1 amide bonds. The first-order valence-corrected chi connectivity index (χ1v) is 5.23. The molecule has 88 valence electrons. The van der Waals surface area contributed by atoms with Crippen molar-refractivity contribution in [2.24, 2.45) is 5.41 Å². The fraction of sp³-hybridized carbons (Fsp3) is 0.500. The van der Waals surface area contributed by atoms with E-state index in [0.29, 0.717) is 12.4 Å². The molecule has 0 saturated carbocycles. The molecular weight excluding hydrogens is 204 g/mol. The van der Waals surface area contributed by atoms with Crippen LogP contribution in [0.1, 0.15) is 26.3 Å². The molecule has 0 radical (unpaired) electrons. The maximum atomic E-state index is 11.4.